The van der Waals surface area contributed by atoms with Crippen molar-refractivity contribution in [3.63, 3.8) is 0 Å². The molecule has 0 unspecified atom stereocenters. The lowest BCUT2D eigenvalue weighted by molar-refractivity contribution is -0.147. The van der Waals surface area contributed by atoms with E-state index < -0.39 is 11.4 Å². The maximum atomic E-state index is 13.6. The zero-order valence-electron chi connectivity index (χ0n) is 20.9. The Bertz CT molecular complexity index is 1110. The molecule has 1 aliphatic carbocycles. The van der Waals surface area contributed by atoms with Crippen molar-refractivity contribution in [2.45, 2.75) is 71.5 Å². The van der Waals surface area contributed by atoms with Gasteiger partial charge in [-0.3, -0.25) is 14.4 Å². The Morgan fingerprint density at radius 1 is 1.09 bits per heavy atom. The van der Waals surface area contributed by atoms with Crippen molar-refractivity contribution in [3.05, 3.63) is 59.7 Å². The summed E-state index contributed by atoms with van der Waals surface area (Å²) < 4.78 is 5.72. The van der Waals surface area contributed by atoms with Gasteiger partial charge >= 0.3 is 5.97 Å². The third-order valence-corrected chi connectivity index (χ3v) is 7.09. The van der Waals surface area contributed by atoms with Crippen LogP contribution in [-0.2, 0) is 9.59 Å². The molecule has 35 heavy (non-hydrogen) atoms. The van der Waals surface area contributed by atoms with Gasteiger partial charge < -0.3 is 19.6 Å². The monoisotopic (exact) mass is 478 g/mol. The van der Waals surface area contributed by atoms with E-state index in [9.17, 15) is 19.5 Å². The number of aliphatic carboxylic acids is 1. The second-order valence-corrected chi connectivity index (χ2v) is 10.3. The second-order valence-electron chi connectivity index (χ2n) is 10.3. The molecule has 2 amide bonds. The minimum atomic E-state index is -0.858. The van der Waals surface area contributed by atoms with E-state index >= 15 is 0 Å². The number of nitrogens with zero attached hydrogens (tertiary/aromatic N) is 2. The zero-order valence-corrected chi connectivity index (χ0v) is 20.9. The summed E-state index contributed by atoms with van der Waals surface area (Å²) in [5, 5.41) is 9.24. The minimum Gasteiger partial charge on any atom is -0.494 e. The van der Waals surface area contributed by atoms with Gasteiger partial charge in [0.05, 0.1) is 18.1 Å². The molecule has 2 atom stereocenters. The third-order valence-electron chi connectivity index (χ3n) is 7.09. The largest absolute Gasteiger partial charge is 0.494 e. The van der Waals surface area contributed by atoms with Gasteiger partial charge in [0, 0.05) is 30.3 Å². The molecule has 4 rings (SSSR count). The molecule has 0 bridgehead atoms. The van der Waals surface area contributed by atoms with Crippen LogP contribution in [0.2, 0.25) is 0 Å². The van der Waals surface area contributed by atoms with Gasteiger partial charge in [0.1, 0.15) is 5.75 Å². The fraction of sp³-hybridized carbons (Fsp3) is 0.464. The molecule has 1 saturated carbocycles. The Balaban J connectivity index is 1.51. The lowest BCUT2D eigenvalue weighted by Gasteiger charge is -2.43. The van der Waals surface area contributed by atoms with E-state index in [1.165, 1.54) is 0 Å². The highest BCUT2D eigenvalue weighted by Gasteiger charge is 2.42. The summed E-state index contributed by atoms with van der Waals surface area (Å²) in [5.74, 6) is -0.274. The SMILES string of the molecule is CC(=O)N(C1CC1)[C@@H]1C[C@H](C)N(C(=O)c2ccc(OCCC(C)(C)C(=O)O)cc2)c2ccccc21. The highest BCUT2D eigenvalue weighted by Crippen LogP contribution is 2.44. The average molecular weight is 479 g/mol. The standard InChI is InChI=1S/C28H34N2O5/c1-18-17-25(30(19(2)31)21-11-12-21)23-7-5-6-8-24(23)29(18)26(32)20-9-13-22(14-10-20)35-16-15-28(3,4)27(33)34/h5-10,13-14,18,21,25H,11-12,15-17H2,1-4H3,(H,33,34)/t18-,25+/m0/s1. The molecule has 186 valence electrons. The summed E-state index contributed by atoms with van der Waals surface area (Å²) >= 11 is 0. The van der Waals surface area contributed by atoms with E-state index in [4.69, 9.17) is 4.74 Å². The van der Waals surface area contributed by atoms with Gasteiger partial charge in [-0.2, -0.15) is 0 Å². The molecule has 2 aromatic carbocycles. The van der Waals surface area contributed by atoms with Gasteiger partial charge in [0.15, 0.2) is 0 Å². The van der Waals surface area contributed by atoms with Crippen LogP contribution in [0.15, 0.2) is 48.5 Å². The quantitative estimate of drug-likeness (QED) is 0.573. The minimum absolute atomic E-state index is 0.0268. The lowest BCUT2D eigenvalue weighted by atomic mass is 9.89. The fourth-order valence-corrected chi connectivity index (χ4v) is 4.80. The van der Waals surface area contributed by atoms with Crippen molar-refractivity contribution < 1.29 is 24.2 Å². The highest BCUT2D eigenvalue weighted by atomic mass is 16.5. The summed E-state index contributed by atoms with van der Waals surface area (Å²) in [6, 6.07) is 15.1. The molecule has 0 aromatic heterocycles. The van der Waals surface area contributed by atoms with Gasteiger partial charge in [-0.1, -0.05) is 18.2 Å². The average Bonchev–Trinajstić information content (AvgIpc) is 3.64. The first-order chi connectivity index (χ1) is 16.6. The Kier molecular flexibility index (Phi) is 6.88. The van der Waals surface area contributed by atoms with Crippen LogP contribution in [0.4, 0.5) is 5.69 Å². The van der Waals surface area contributed by atoms with Crippen molar-refractivity contribution in [1.29, 1.82) is 0 Å². The number of carbonyl (C=O) groups is 3. The number of carboxylic acids is 1. The van der Waals surface area contributed by atoms with Crippen molar-refractivity contribution in [1.82, 2.24) is 4.90 Å². The van der Waals surface area contributed by atoms with Crippen LogP contribution in [0, 0.1) is 5.41 Å². The summed E-state index contributed by atoms with van der Waals surface area (Å²) in [6.45, 7) is 7.28. The zero-order chi connectivity index (χ0) is 25.3. The first-order valence-corrected chi connectivity index (χ1v) is 12.3. The predicted molar refractivity (Wildman–Crippen MR) is 134 cm³/mol. The molecule has 0 saturated heterocycles. The van der Waals surface area contributed by atoms with Gasteiger partial charge in [-0.25, -0.2) is 0 Å². The lowest BCUT2D eigenvalue weighted by Crippen LogP contribution is -2.47. The first kappa shape index (κ1) is 24.8. The number of amides is 2. The van der Waals surface area contributed by atoms with Gasteiger partial charge in [0.2, 0.25) is 5.91 Å². The molecule has 7 nitrogen and oxygen atoms in total. The normalized spacial score (nSPS) is 19.6. The maximum absolute atomic E-state index is 13.6. The van der Waals surface area contributed by atoms with Crippen LogP contribution in [0.1, 0.15) is 75.3 Å². The fourth-order valence-electron chi connectivity index (χ4n) is 4.80. The van der Waals surface area contributed by atoms with Crippen LogP contribution in [0.25, 0.3) is 0 Å². The van der Waals surface area contributed by atoms with E-state index in [0.717, 1.165) is 24.1 Å². The number of benzene rings is 2. The Morgan fingerprint density at radius 3 is 2.34 bits per heavy atom. The van der Waals surface area contributed by atoms with E-state index in [1.54, 1.807) is 45.0 Å². The molecule has 2 aromatic rings. The molecule has 1 aliphatic heterocycles. The van der Waals surface area contributed by atoms with Crippen molar-refractivity contribution in [2.75, 3.05) is 11.5 Å². The summed E-state index contributed by atoms with van der Waals surface area (Å²) in [6.07, 6.45) is 3.15. The van der Waals surface area contributed by atoms with Crippen molar-refractivity contribution in [2.24, 2.45) is 5.41 Å². The summed E-state index contributed by atoms with van der Waals surface area (Å²) in [7, 11) is 0. The Hall–Kier alpha value is -3.35. The first-order valence-electron chi connectivity index (χ1n) is 12.3. The van der Waals surface area contributed by atoms with E-state index in [-0.39, 0.29) is 30.5 Å². The second kappa shape index (κ2) is 9.72. The number of hydrogen-bond acceptors (Lipinski definition) is 4. The summed E-state index contributed by atoms with van der Waals surface area (Å²) in [5.41, 5.74) is 1.56. The molecule has 1 heterocycles. The van der Waals surface area contributed by atoms with E-state index in [0.29, 0.717) is 30.2 Å². The highest BCUT2D eigenvalue weighted by molar-refractivity contribution is 6.07. The van der Waals surface area contributed by atoms with Crippen LogP contribution in [0.5, 0.6) is 5.75 Å². The van der Waals surface area contributed by atoms with Gasteiger partial charge in [0.25, 0.3) is 5.91 Å². The number of hydrogen-bond donors (Lipinski definition) is 1. The topological polar surface area (TPSA) is 87.2 Å². The van der Waals surface area contributed by atoms with Crippen molar-refractivity contribution >= 4 is 23.5 Å². The molecular formula is C28H34N2O5. The van der Waals surface area contributed by atoms with E-state index in [2.05, 4.69) is 0 Å². The number of fused-ring (bicyclic) bond motifs is 1. The predicted octanol–water partition coefficient (Wildman–Crippen LogP) is 5.06. The van der Waals surface area contributed by atoms with Crippen molar-refractivity contribution in [3.8, 4) is 5.75 Å². The van der Waals surface area contributed by atoms with Crippen LogP contribution >= 0.6 is 0 Å². The number of rotatable bonds is 8. The number of carboxylic acid groups (broad SMARTS) is 1. The third kappa shape index (κ3) is 5.19. The molecule has 7 heteroatoms. The number of para-hydroxylation sites is 1. The van der Waals surface area contributed by atoms with E-state index in [1.807, 2.05) is 41.0 Å². The molecule has 0 radical (unpaired) electrons. The smallest absolute Gasteiger partial charge is 0.309 e. The Labute approximate surface area is 206 Å². The molecule has 1 N–H and O–H groups in total. The van der Waals surface area contributed by atoms with Gasteiger partial charge in [-0.15, -0.1) is 0 Å². The molecule has 0 spiro atoms. The Morgan fingerprint density at radius 2 is 1.74 bits per heavy atom. The summed E-state index contributed by atoms with van der Waals surface area (Å²) in [4.78, 5) is 41.2. The van der Waals surface area contributed by atoms with Crippen LogP contribution < -0.4 is 9.64 Å². The van der Waals surface area contributed by atoms with Crippen LogP contribution in [-0.4, -0.2) is 46.5 Å². The number of carbonyl (C=O) groups excluding carboxylic acids is 2. The number of anilines is 1. The molecular weight excluding hydrogens is 444 g/mol. The molecule has 1 fully saturated rings. The number of ether oxygens (including phenoxy) is 1. The van der Waals surface area contributed by atoms with Crippen LogP contribution in [0.3, 0.4) is 0 Å². The maximum Gasteiger partial charge on any atom is 0.309 e. The van der Waals surface area contributed by atoms with Gasteiger partial charge in [-0.05, 0) is 82.3 Å². The molecule has 2 aliphatic rings.